The van der Waals surface area contributed by atoms with Gasteiger partial charge in [0.15, 0.2) is 0 Å². The summed E-state index contributed by atoms with van der Waals surface area (Å²) >= 11 is 13.3. The fourth-order valence-corrected chi connectivity index (χ4v) is 5.42. The second-order valence-electron chi connectivity index (χ2n) is 10.3. The van der Waals surface area contributed by atoms with Crippen molar-refractivity contribution >= 4 is 63.7 Å². The highest BCUT2D eigenvalue weighted by Gasteiger charge is 2.20. The Kier molecular flexibility index (Phi) is 10.0. The SMILES string of the molecule is CNC(=O)c1ccc(/C=C/C(=O)NCC(=O)N(C)c2ccc(Cl)c(COc3cccc4c3nc(-c3ccccc3)n4C)c2Cl)cc1. The second kappa shape index (κ2) is 14.3. The van der Waals surface area contributed by atoms with Gasteiger partial charge in [-0.1, -0.05) is 71.7 Å². The van der Waals surface area contributed by atoms with Crippen molar-refractivity contribution in [2.75, 3.05) is 25.5 Å². The number of nitrogens with zero attached hydrogens (tertiary/aromatic N) is 3. The number of carbonyl (C=O) groups is 3. The van der Waals surface area contributed by atoms with Crippen molar-refractivity contribution in [1.82, 2.24) is 20.2 Å². The molecule has 4 aromatic carbocycles. The molecule has 0 saturated carbocycles. The van der Waals surface area contributed by atoms with Gasteiger partial charge in [0.2, 0.25) is 11.8 Å². The van der Waals surface area contributed by atoms with Crippen molar-refractivity contribution < 1.29 is 19.1 Å². The summed E-state index contributed by atoms with van der Waals surface area (Å²) in [5, 5.41) is 5.78. The number of imidazole rings is 1. The number of benzene rings is 4. The monoisotopic (exact) mass is 655 g/mol. The average molecular weight is 657 g/mol. The molecule has 46 heavy (non-hydrogen) atoms. The Hall–Kier alpha value is -5.12. The predicted octanol–water partition coefficient (Wildman–Crippen LogP) is 6.28. The second-order valence-corrected chi connectivity index (χ2v) is 11.1. The van der Waals surface area contributed by atoms with Crippen molar-refractivity contribution in [3.8, 4) is 17.1 Å². The van der Waals surface area contributed by atoms with Gasteiger partial charge < -0.3 is 24.8 Å². The van der Waals surface area contributed by atoms with Gasteiger partial charge in [-0.2, -0.15) is 0 Å². The normalized spacial score (nSPS) is 11.1. The van der Waals surface area contributed by atoms with Gasteiger partial charge in [0.05, 0.1) is 22.8 Å². The molecule has 5 rings (SSSR count). The number of likely N-dealkylation sites (N-methyl/N-ethyl adjacent to an activating group) is 1. The fraction of sp³-hybridized carbons (Fsp3) is 0.143. The number of amides is 3. The van der Waals surface area contributed by atoms with E-state index in [9.17, 15) is 14.4 Å². The number of hydrogen-bond acceptors (Lipinski definition) is 5. The number of carbonyl (C=O) groups excluding carboxylic acids is 3. The Morgan fingerprint density at radius 1 is 0.957 bits per heavy atom. The number of anilines is 1. The molecule has 11 heteroatoms. The van der Waals surface area contributed by atoms with Gasteiger partial charge in [0.25, 0.3) is 5.91 Å². The predicted molar refractivity (Wildman–Crippen MR) is 182 cm³/mol. The molecule has 0 bridgehead atoms. The Morgan fingerprint density at radius 2 is 1.70 bits per heavy atom. The molecule has 1 aromatic heterocycles. The van der Waals surface area contributed by atoms with Crippen LogP contribution in [0.4, 0.5) is 5.69 Å². The maximum Gasteiger partial charge on any atom is 0.251 e. The van der Waals surface area contributed by atoms with E-state index in [0.717, 1.165) is 22.5 Å². The van der Waals surface area contributed by atoms with Gasteiger partial charge in [0, 0.05) is 48.9 Å². The van der Waals surface area contributed by atoms with Crippen LogP contribution < -0.4 is 20.3 Å². The summed E-state index contributed by atoms with van der Waals surface area (Å²) in [5.74, 6) is 0.336. The highest BCUT2D eigenvalue weighted by Crippen LogP contribution is 2.36. The van der Waals surface area contributed by atoms with E-state index in [-0.39, 0.29) is 30.0 Å². The minimum Gasteiger partial charge on any atom is -0.486 e. The quantitative estimate of drug-likeness (QED) is 0.172. The molecule has 0 fully saturated rings. The number of aromatic nitrogens is 2. The van der Waals surface area contributed by atoms with Crippen LogP contribution in [0.5, 0.6) is 5.75 Å². The van der Waals surface area contributed by atoms with E-state index >= 15 is 0 Å². The molecule has 234 valence electrons. The number of aryl methyl sites for hydroxylation is 1. The molecule has 9 nitrogen and oxygen atoms in total. The van der Waals surface area contributed by atoms with E-state index in [1.807, 2.05) is 60.1 Å². The van der Waals surface area contributed by atoms with Gasteiger partial charge in [-0.05, 0) is 48.0 Å². The zero-order chi connectivity index (χ0) is 32.8. The van der Waals surface area contributed by atoms with Crippen LogP contribution in [-0.2, 0) is 23.2 Å². The summed E-state index contributed by atoms with van der Waals surface area (Å²) in [6.07, 6.45) is 2.91. The average Bonchev–Trinajstić information content (AvgIpc) is 3.42. The Morgan fingerprint density at radius 3 is 2.41 bits per heavy atom. The van der Waals surface area contributed by atoms with Crippen molar-refractivity contribution in [3.05, 3.63) is 118 Å². The molecule has 0 saturated heterocycles. The largest absolute Gasteiger partial charge is 0.486 e. The first-order chi connectivity index (χ1) is 22.2. The molecular weight excluding hydrogens is 625 g/mol. The third kappa shape index (κ3) is 7.06. The van der Waals surface area contributed by atoms with E-state index in [1.54, 1.807) is 56.6 Å². The third-order valence-corrected chi connectivity index (χ3v) is 8.20. The summed E-state index contributed by atoms with van der Waals surface area (Å²) in [7, 11) is 5.08. The molecular formula is C35H31Cl2N5O4. The highest BCUT2D eigenvalue weighted by molar-refractivity contribution is 6.38. The molecule has 0 spiro atoms. The zero-order valence-electron chi connectivity index (χ0n) is 25.4. The summed E-state index contributed by atoms with van der Waals surface area (Å²) in [6, 6.07) is 25.6. The lowest BCUT2D eigenvalue weighted by molar-refractivity contribution is -0.122. The lowest BCUT2D eigenvalue weighted by atomic mass is 10.1. The van der Waals surface area contributed by atoms with Crippen molar-refractivity contribution in [2.24, 2.45) is 7.05 Å². The lowest BCUT2D eigenvalue weighted by Crippen LogP contribution is -2.37. The molecule has 0 aliphatic heterocycles. The maximum absolute atomic E-state index is 13.0. The number of hydrogen-bond donors (Lipinski definition) is 2. The van der Waals surface area contributed by atoms with E-state index in [1.165, 1.54) is 11.0 Å². The van der Waals surface area contributed by atoms with Crippen LogP contribution in [0.3, 0.4) is 0 Å². The summed E-state index contributed by atoms with van der Waals surface area (Å²) < 4.78 is 8.21. The number of fused-ring (bicyclic) bond motifs is 1. The molecule has 0 aliphatic rings. The Labute approximate surface area is 276 Å². The highest BCUT2D eigenvalue weighted by atomic mass is 35.5. The van der Waals surface area contributed by atoms with E-state index in [4.69, 9.17) is 32.9 Å². The van der Waals surface area contributed by atoms with Crippen LogP contribution in [0, 0.1) is 0 Å². The van der Waals surface area contributed by atoms with Gasteiger partial charge in [-0.15, -0.1) is 0 Å². The topological polar surface area (TPSA) is 106 Å². The van der Waals surface area contributed by atoms with Gasteiger partial charge in [-0.25, -0.2) is 4.98 Å². The van der Waals surface area contributed by atoms with Gasteiger partial charge >= 0.3 is 0 Å². The molecule has 5 aromatic rings. The van der Waals surface area contributed by atoms with E-state index < -0.39 is 5.91 Å². The third-order valence-electron chi connectivity index (χ3n) is 7.42. The standard InChI is InChI=1S/C35H31Cl2N5O4/c1-38-35(45)24-15-12-22(13-16-24)14-19-30(43)39-20-31(44)41(2)27-18-17-26(36)25(32(27)37)21-46-29-11-7-10-28-33(29)40-34(42(28)3)23-8-5-4-6-9-23/h4-19H,20-21H2,1-3H3,(H,38,45)(H,39,43)/b19-14+. The van der Waals surface area contributed by atoms with Gasteiger partial charge in [0.1, 0.15) is 23.7 Å². The van der Waals surface area contributed by atoms with Crippen LogP contribution in [0.25, 0.3) is 28.5 Å². The molecule has 2 N–H and O–H groups in total. The minimum atomic E-state index is -0.451. The van der Waals surface area contributed by atoms with Crippen LogP contribution in [-0.4, -0.2) is 47.9 Å². The van der Waals surface area contributed by atoms with Crippen LogP contribution >= 0.6 is 23.2 Å². The van der Waals surface area contributed by atoms with Crippen molar-refractivity contribution in [2.45, 2.75) is 6.61 Å². The first kappa shape index (κ1) is 32.3. The minimum absolute atomic E-state index is 0.0372. The summed E-state index contributed by atoms with van der Waals surface area (Å²) in [4.78, 5) is 43.3. The van der Waals surface area contributed by atoms with Crippen molar-refractivity contribution in [3.63, 3.8) is 0 Å². The fourth-order valence-electron chi connectivity index (χ4n) is 4.81. The number of halogens is 2. The molecule has 0 unspecified atom stereocenters. The van der Waals surface area contributed by atoms with Crippen LogP contribution in [0.2, 0.25) is 10.0 Å². The molecule has 0 aliphatic carbocycles. The summed E-state index contributed by atoms with van der Waals surface area (Å²) in [6.45, 7) is -0.221. The first-order valence-corrected chi connectivity index (χ1v) is 15.1. The number of nitrogens with one attached hydrogen (secondary N) is 2. The van der Waals surface area contributed by atoms with Gasteiger partial charge in [-0.3, -0.25) is 14.4 Å². The van der Waals surface area contributed by atoms with E-state index in [2.05, 4.69) is 10.6 Å². The van der Waals surface area contributed by atoms with E-state index in [0.29, 0.717) is 33.1 Å². The lowest BCUT2D eigenvalue weighted by Gasteiger charge is -2.21. The first-order valence-electron chi connectivity index (χ1n) is 14.3. The van der Waals surface area contributed by atoms with Crippen LogP contribution in [0.15, 0.2) is 91.0 Å². The number of rotatable bonds is 10. The molecule has 3 amide bonds. The molecule has 1 heterocycles. The maximum atomic E-state index is 13.0. The Balaban J connectivity index is 1.24. The summed E-state index contributed by atoms with van der Waals surface area (Å²) in [5.41, 5.74) is 4.75. The smallest absolute Gasteiger partial charge is 0.251 e. The van der Waals surface area contributed by atoms with Crippen molar-refractivity contribution in [1.29, 1.82) is 0 Å². The van der Waals surface area contributed by atoms with Crippen LogP contribution in [0.1, 0.15) is 21.5 Å². The zero-order valence-corrected chi connectivity index (χ0v) is 26.9. The molecule has 0 atom stereocenters. The number of ether oxygens (including phenoxy) is 1. The number of para-hydroxylation sites is 1. The molecule has 0 radical (unpaired) electrons. The Bertz CT molecular complexity index is 1940.